The molecule has 3 aromatic rings. The summed E-state index contributed by atoms with van der Waals surface area (Å²) in [7, 11) is 1.72. The number of methoxy groups -OCH3 is 1. The van der Waals surface area contributed by atoms with Crippen molar-refractivity contribution >= 4 is 35.6 Å². The van der Waals surface area contributed by atoms with Gasteiger partial charge in [0.15, 0.2) is 5.96 Å². The van der Waals surface area contributed by atoms with Gasteiger partial charge in [-0.25, -0.2) is 9.98 Å². The van der Waals surface area contributed by atoms with Crippen LogP contribution in [0.5, 0.6) is 5.75 Å². The van der Waals surface area contributed by atoms with Crippen LogP contribution in [0.2, 0.25) is 0 Å². The number of hydrogen-bond acceptors (Lipinski definition) is 4. The van der Waals surface area contributed by atoms with E-state index < -0.39 is 0 Å². The Morgan fingerprint density at radius 3 is 2.69 bits per heavy atom. The van der Waals surface area contributed by atoms with E-state index in [4.69, 9.17) is 9.73 Å². The van der Waals surface area contributed by atoms with E-state index in [0.717, 1.165) is 54.7 Å². The summed E-state index contributed by atoms with van der Waals surface area (Å²) in [6.45, 7) is 5.40. The number of aromatic nitrogens is 2. The van der Waals surface area contributed by atoms with Crippen LogP contribution in [0, 0.1) is 0 Å². The fourth-order valence-electron chi connectivity index (χ4n) is 3.96. The lowest BCUT2D eigenvalue weighted by molar-refractivity contribution is 0.415. The van der Waals surface area contributed by atoms with Gasteiger partial charge in [-0.1, -0.05) is 30.3 Å². The van der Waals surface area contributed by atoms with E-state index in [0.29, 0.717) is 12.6 Å². The molecule has 0 radical (unpaired) electrons. The number of aliphatic imine (C=N–C) groups is 1. The number of anilines is 1. The summed E-state index contributed by atoms with van der Waals surface area (Å²) < 4.78 is 7.56. The highest BCUT2D eigenvalue weighted by Gasteiger charge is 2.25. The molecule has 1 aromatic heterocycles. The molecule has 4 rings (SSSR count). The van der Waals surface area contributed by atoms with Gasteiger partial charge in [0.2, 0.25) is 0 Å². The Labute approximate surface area is 206 Å². The van der Waals surface area contributed by atoms with Crippen LogP contribution in [-0.2, 0) is 6.54 Å². The first-order valence-electron chi connectivity index (χ1n) is 10.8. The molecule has 1 unspecified atom stereocenters. The number of hydrogen-bond donors (Lipinski definition) is 2. The second-order valence-corrected chi connectivity index (χ2v) is 7.54. The molecular formula is C24H31IN6O. The van der Waals surface area contributed by atoms with Crippen molar-refractivity contribution in [3.8, 4) is 11.4 Å². The molecule has 0 bridgehead atoms. The van der Waals surface area contributed by atoms with Gasteiger partial charge in [-0.05, 0) is 37.1 Å². The van der Waals surface area contributed by atoms with Crippen LogP contribution in [0.25, 0.3) is 5.69 Å². The number of guanidine groups is 1. The zero-order chi connectivity index (χ0) is 21.5. The molecule has 1 fully saturated rings. The zero-order valence-electron chi connectivity index (χ0n) is 18.6. The lowest BCUT2D eigenvalue weighted by Crippen LogP contribution is -2.44. The molecule has 2 aromatic carbocycles. The Morgan fingerprint density at radius 2 is 1.94 bits per heavy atom. The minimum Gasteiger partial charge on any atom is -0.495 e. The predicted octanol–water partition coefficient (Wildman–Crippen LogP) is 3.83. The maximum absolute atomic E-state index is 5.54. The van der Waals surface area contributed by atoms with Gasteiger partial charge in [0.05, 0.1) is 31.4 Å². The average Bonchev–Trinajstić information content (AvgIpc) is 3.50. The quantitative estimate of drug-likeness (QED) is 0.268. The highest BCUT2D eigenvalue weighted by Crippen LogP contribution is 2.30. The molecular weight excluding hydrogens is 515 g/mol. The molecule has 1 aliphatic rings. The Morgan fingerprint density at radius 1 is 1.16 bits per heavy atom. The van der Waals surface area contributed by atoms with Crippen LogP contribution in [0.4, 0.5) is 5.69 Å². The van der Waals surface area contributed by atoms with E-state index in [-0.39, 0.29) is 24.0 Å². The van der Waals surface area contributed by atoms with Crippen LogP contribution in [0.3, 0.4) is 0 Å². The monoisotopic (exact) mass is 546 g/mol. The van der Waals surface area contributed by atoms with Crippen molar-refractivity contribution in [1.29, 1.82) is 0 Å². The van der Waals surface area contributed by atoms with Crippen molar-refractivity contribution in [2.45, 2.75) is 25.9 Å². The lowest BCUT2D eigenvalue weighted by Gasteiger charge is -2.22. The second-order valence-electron chi connectivity index (χ2n) is 7.54. The van der Waals surface area contributed by atoms with Gasteiger partial charge in [-0.15, -0.1) is 24.0 Å². The number of para-hydroxylation sites is 3. The van der Waals surface area contributed by atoms with Gasteiger partial charge in [-0.3, -0.25) is 0 Å². The van der Waals surface area contributed by atoms with Gasteiger partial charge < -0.3 is 24.8 Å². The van der Waals surface area contributed by atoms with E-state index in [1.807, 2.05) is 41.4 Å². The highest BCUT2D eigenvalue weighted by molar-refractivity contribution is 14.0. The summed E-state index contributed by atoms with van der Waals surface area (Å²) >= 11 is 0. The Balaban J connectivity index is 0.00000289. The van der Waals surface area contributed by atoms with E-state index >= 15 is 0 Å². The fraction of sp³-hybridized carbons (Fsp3) is 0.333. The Hall–Kier alpha value is -2.75. The summed E-state index contributed by atoms with van der Waals surface area (Å²) in [5.41, 5.74) is 3.40. The van der Waals surface area contributed by atoms with Crippen LogP contribution in [0.1, 0.15) is 18.9 Å². The number of halogens is 1. The molecule has 1 saturated heterocycles. The minimum atomic E-state index is 0. The first-order valence-corrected chi connectivity index (χ1v) is 10.8. The summed E-state index contributed by atoms with van der Waals surface area (Å²) in [5, 5.41) is 7.00. The van der Waals surface area contributed by atoms with E-state index in [1.165, 1.54) is 0 Å². The van der Waals surface area contributed by atoms with Gasteiger partial charge >= 0.3 is 0 Å². The standard InChI is InChI=1S/C24H30N6O.HI/c1-3-26-24(27-16-19-8-4-5-9-21(19)30-15-13-25-18-30)28-20-12-14-29(17-20)22-10-6-7-11-23(22)31-2;/h4-11,13,15,18,20H,3,12,14,16-17H2,1-2H3,(H2,26,27,28);1H. The lowest BCUT2D eigenvalue weighted by atomic mass is 10.2. The van der Waals surface area contributed by atoms with E-state index in [1.54, 1.807) is 13.3 Å². The molecule has 0 spiro atoms. The minimum absolute atomic E-state index is 0. The molecule has 2 N–H and O–H groups in total. The predicted molar refractivity (Wildman–Crippen MR) is 141 cm³/mol. The molecule has 32 heavy (non-hydrogen) atoms. The SMILES string of the molecule is CCNC(=NCc1ccccc1-n1ccnc1)NC1CCN(c2ccccc2OC)C1.I. The molecule has 1 atom stereocenters. The zero-order valence-corrected chi connectivity index (χ0v) is 20.9. The molecule has 0 saturated carbocycles. The van der Waals surface area contributed by atoms with Crippen LogP contribution < -0.4 is 20.3 Å². The molecule has 7 nitrogen and oxygen atoms in total. The number of rotatable bonds is 7. The van der Waals surface area contributed by atoms with Gasteiger partial charge in [-0.2, -0.15) is 0 Å². The largest absolute Gasteiger partial charge is 0.495 e. The number of nitrogens with zero attached hydrogens (tertiary/aromatic N) is 4. The van der Waals surface area contributed by atoms with Crippen LogP contribution >= 0.6 is 24.0 Å². The van der Waals surface area contributed by atoms with E-state index in [2.05, 4.69) is 51.7 Å². The number of ether oxygens (including phenoxy) is 1. The number of nitrogens with one attached hydrogen (secondary N) is 2. The van der Waals surface area contributed by atoms with Crippen molar-refractivity contribution in [2.75, 3.05) is 31.6 Å². The molecule has 0 aliphatic carbocycles. The first kappa shape index (κ1) is 23.9. The smallest absolute Gasteiger partial charge is 0.191 e. The van der Waals surface area contributed by atoms with E-state index in [9.17, 15) is 0 Å². The number of benzene rings is 2. The van der Waals surface area contributed by atoms with Crippen molar-refractivity contribution in [2.24, 2.45) is 4.99 Å². The molecule has 1 aliphatic heterocycles. The fourth-order valence-corrected chi connectivity index (χ4v) is 3.96. The third-order valence-electron chi connectivity index (χ3n) is 5.48. The topological polar surface area (TPSA) is 66.7 Å². The maximum atomic E-state index is 5.54. The average molecular weight is 546 g/mol. The Kier molecular flexibility index (Phi) is 8.78. The normalized spacial score (nSPS) is 15.9. The van der Waals surface area contributed by atoms with Crippen LogP contribution in [-0.4, -0.2) is 48.3 Å². The van der Waals surface area contributed by atoms with Crippen molar-refractivity contribution in [3.63, 3.8) is 0 Å². The highest BCUT2D eigenvalue weighted by atomic mass is 127. The third kappa shape index (κ3) is 5.73. The van der Waals surface area contributed by atoms with Gasteiger partial charge in [0.1, 0.15) is 5.75 Å². The summed E-state index contributed by atoms with van der Waals surface area (Å²) in [6.07, 6.45) is 6.61. The van der Waals surface area contributed by atoms with Crippen molar-refractivity contribution in [3.05, 3.63) is 72.8 Å². The van der Waals surface area contributed by atoms with Gasteiger partial charge in [0.25, 0.3) is 0 Å². The second kappa shape index (κ2) is 11.8. The molecule has 170 valence electrons. The Bertz CT molecular complexity index is 1010. The first-order chi connectivity index (χ1) is 15.3. The van der Waals surface area contributed by atoms with Gasteiger partial charge in [0, 0.05) is 38.1 Å². The molecule has 2 heterocycles. The summed E-state index contributed by atoms with van der Waals surface area (Å²) in [4.78, 5) is 11.4. The summed E-state index contributed by atoms with van der Waals surface area (Å²) in [5.74, 6) is 1.76. The molecule has 8 heteroatoms. The number of imidazole rings is 1. The third-order valence-corrected chi connectivity index (χ3v) is 5.48. The van der Waals surface area contributed by atoms with Crippen LogP contribution in [0.15, 0.2) is 72.2 Å². The van der Waals surface area contributed by atoms with Crippen molar-refractivity contribution < 1.29 is 4.74 Å². The summed E-state index contributed by atoms with van der Waals surface area (Å²) in [6, 6.07) is 16.8. The maximum Gasteiger partial charge on any atom is 0.191 e. The van der Waals surface area contributed by atoms with Crippen molar-refractivity contribution in [1.82, 2.24) is 20.2 Å². The molecule has 0 amide bonds.